The molecule has 1 aliphatic rings. The molecule has 0 bridgehead atoms. The monoisotopic (exact) mass is 367 g/mol. The van der Waals surface area contributed by atoms with Crippen LogP contribution in [0.25, 0.3) is 11.6 Å². The molecule has 4 aromatic heterocycles. The minimum Gasteiger partial charge on any atom is -0.446 e. The maximum atomic E-state index is 6.02. The summed E-state index contributed by atoms with van der Waals surface area (Å²) in [4.78, 5) is 4.54. The number of rotatable bonds is 4. The van der Waals surface area contributed by atoms with Gasteiger partial charge < -0.3 is 13.6 Å². The van der Waals surface area contributed by atoms with Crippen molar-refractivity contribution in [1.29, 1.82) is 0 Å². The molecule has 8 nitrogen and oxygen atoms in total. The van der Waals surface area contributed by atoms with E-state index in [1.165, 1.54) is 23.0 Å². The topological polar surface area (TPSA) is 90.3 Å². The number of nitrogens with one attached hydrogen (secondary N) is 1. The van der Waals surface area contributed by atoms with Crippen LogP contribution in [0, 0.1) is 0 Å². The van der Waals surface area contributed by atoms with E-state index in [2.05, 4.69) is 29.9 Å². The molecule has 4 heterocycles. The number of imidazole rings is 1. The van der Waals surface area contributed by atoms with Crippen molar-refractivity contribution in [3.8, 4) is 11.6 Å². The highest BCUT2D eigenvalue weighted by Gasteiger charge is 2.24. The van der Waals surface area contributed by atoms with E-state index in [4.69, 9.17) is 4.42 Å². The first-order valence-corrected chi connectivity index (χ1v) is 9.25. The van der Waals surface area contributed by atoms with E-state index < -0.39 is 0 Å². The Kier molecular flexibility index (Phi) is 3.66. The Balaban J connectivity index is 1.41. The first-order chi connectivity index (χ1) is 12.8. The Bertz CT molecular complexity index is 1040. The fourth-order valence-electron chi connectivity index (χ4n) is 3.38. The van der Waals surface area contributed by atoms with Gasteiger partial charge in [-0.15, -0.1) is 10.2 Å². The number of aromatic nitrogens is 7. The quantitative estimate of drug-likeness (QED) is 0.596. The molecule has 5 rings (SSSR count). The predicted octanol–water partition coefficient (Wildman–Crippen LogP) is 2.88. The van der Waals surface area contributed by atoms with Gasteiger partial charge in [-0.1, -0.05) is 0 Å². The minimum atomic E-state index is 0.359. The second-order valence-electron chi connectivity index (χ2n) is 6.37. The molecule has 0 radical (unpaired) electrons. The number of aryl methyl sites for hydroxylation is 2. The second kappa shape index (κ2) is 6.17. The lowest BCUT2D eigenvalue weighted by Gasteiger charge is -2.24. The fraction of sp³-hybridized carbons (Fsp3) is 0.294. The van der Waals surface area contributed by atoms with Crippen molar-refractivity contribution < 1.29 is 4.42 Å². The second-order valence-corrected chi connectivity index (χ2v) is 7.35. The first kappa shape index (κ1) is 15.4. The zero-order chi connectivity index (χ0) is 17.5. The van der Waals surface area contributed by atoms with E-state index in [0.717, 1.165) is 41.1 Å². The molecule has 0 saturated carbocycles. The van der Waals surface area contributed by atoms with Crippen LogP contribution in [0.5, 0.6) is 0 Å². The SMILES string of the molecule is Cn1cnnc1Sc1ccc(-c2nccn2C2CCc3[nH]ncc3C2)o1. The first-order valence-electron chi connectivity index (χ1n) is 8.44. The van der Waals surface area contributed by atoms with E-state index >= 15 is 0 Å². The molecule has 0 amide bonds. The molecule has 9 heteroatoms. The molecule has 26 heavy (non-hydrogen) atoms. The maximum absolute atomic E-state index is 6.02. The molecule has 0 fully saturated rings. The molecule has 0 aliphatic heterocycles. The van der Waals surface area contributed by atoms with Crippen molar-refractivity contribution in [2.75, 3.05) is 0 Å². The van der Waals surface area contributed by atoms with Crippen molar-refractivity contribution >= 4 is 11.8 Å². The highest BCUT2D eigenvalue weighted by atomic mass is 32.2. The molecule has 1 atom stereocenters. The molecule has 0 aromatic carbocycles. The van der Waals surface area contributed by atoms with Crippen LogP contribution in [0.3, 0.4) is 0 Å². The van der Waals surface area contributed by atoms with Gasteiger partial charge >= 0.3 is 0 Å². The van der Waals surface area contributed by atoms with Crippen LogP contribution in [-0.4, -0.2) is 34.5 Å². The summed E-state index contributed by atoms with van der Waals surface area (Å²) in [5.74, 6) is 1.62. The molecule has 1 unspecified atom stereocenters. The zero-order valence-electron chi connectivity index (χ0n) is 14.2. The summed E-state index contributed by atoms with van der Waals surface area (Å²) in [6.45, 7) is 0. The van der Waals surface area contributed by atoms with Crippen LogP contribution >= 0.6 is 11.8 Å². The van der Waals surface area contributed by atoms with Crippen molar-refractivity contribution in [1.82, 2.24) is 34.5 Å². The number of H-pyrrole nitrogens is 1. The molecule has 4 aromatic rings. The lowest BCUT2D eigenvalue weighted by atomic mass is 9.93. The summed E-state index contributed by atoms with van der Waals surface area (Å²) in [6, 6.07) is 4.27. The van der Waals surface area contributed by atoms with Gasteiger partial charge in [-0.25, -0.2) is 4.98 Å². The van der Waals surface area contributed by atoms with Crippen LogP contribution in [-0.2, 0) is 19.9 Å². The van der Waals surface area contributed by atoms with Gasteiger partial charge in [0, 0.05) is 31.2 Å². The number of aromatic amines is 1. The van der Waals surface area contributed by atoms with E-state index in [0.29, 0.717) is 6.04 Å². The smallest absolute Gasteiger partial charge is 0.198 e. The van der Waals surface area contributed by atoms with Gasteiger partial charge in [0.25, 0.3) is 0 Å². The van der Waals surface area contributed by atoms with Crippen LogP contribution < -0.4 is 0 Å². The van der Waals surface area contributed by atoms with Crippen molar-refractivity contribution in [2.45, 2.75) is 35.6 Å². The van der Waals surface area contributed by atoms with E-state index in [9.17, 15) is 0 Å². The normalized spacial score (nSPS) is 16.7. The van der Waals surface area contributed by atoms with E-state index in [1.807, 2.05) is 42.3 Å². The van der Waals surface area contributed by atoms with Crippen LogP contribution in [0.1, 0.15) is 23.7 Å². The predicted molar refractivity (Wildman–Crippen MR) is 94.7 cm³/mol. The third kappa shape index (κ3) is 2.64. The zero-order valence-corrected chi connectivity index (χ0v) is 15.0. The van der Waals surface area contributed by atoms with Crippen LogP contribution in [0.4, 0.5) is 0 Å². The lowest BCUT2D eigenvalue weighted by Crippen LogP contribution is -2.18. The Morgan fingerprint density at radius 1 is 1.35 bits per heavy atom. The summed E-state index contributed by atoms with van der Waals surface area (Å²) in [6.07, 6.45) is 10.5. The number of hydrogen-bond acceptors (Lipinski definition) is 6. The van der Waals surface area contributed by atoms with Crippen molar-refractivity contribution in [2.24, 2.45) is 7.05 Å². The Morgan fingerprint density at radius 2 is 2.31 bits per heavy atom. The summed E-state index contributed by atoms with van der Waals surface area (Å²) in [7, 11) is 1.91. The summed E-state index contributed by atoms with van der Waals surface area (Å²) in [5.41, 5.74) is 2.54. The molecular formula is C17H17N7OS. The minimum absolute atomic E-state index is 0.359. The molecule has 1 aliphatic carbocycles. The molecule has 1 N–H and O–H groups in total. The Hall–Kier alpha value is -2.81. The highest BCUT2D eigenvalue weighted by Crippen LogP contribution is 2.34. The molecule has 132 valence electrons. The lowest BCUT2D eigenvalue weighted by molar-refractivity contribution is 0.431. The van der Waals surface area contributed by atoms with Crippen molar-refractivity contribution in [3.05, 3.63) is 48.3 Å². The van der Waals surface area contributed by atoms with Gasteiger partial charge in [-0.3, -0.25) is 5.10 Å². The van der Waals surface area contributed by atoms with Gasteiger partial charge in [0.15, 0.2) is 21.8 Å². The summed E-state index contributed by atoms with van der Waals surface area (Å²) < 4.78 is 10.1. The number of hydrogen-bond donors (Lipinski definition) is 1. The van der Waals surface area contributed by atoms with Gasteiger partial charge in [0.1, 0.15) is 6.33 Å². The third-order valence-corrected chi connectivity index (χ3v) is 5.69. The van der Waals surface area contributed by atoms with E-state index in [1.54, 1.807) is 6.33 Å². The number of nitrogens with zero attached hydrogens (tertiary/aromatic N) is 6. The standard InChI is InChI=1S/C17H17N7OS/c1-23-10-20-22-17(23)26-15-5-4-14(25-15)16-18-6-7-24(16)12-2-3-13-11(8-12)9-19-21-13/h4-7,9-10,12H,2-3,8H2,1H3,(H,19,21). The summed E-state index contributed by atoms with van der Waals surface area (Å²) >= 11 is 1.45. The number of furan rings is 1. The highest BCUT2D eigenvalue weighted by molar-refractivity contribution is 7.99. The summed E-state index contributed by atoms with van der Waals surface area (Å²) in [5, 5.41) is 16.8. The van der Waals surface area contributed by atoms with Gasteiger partial charge in [0.05, 0.1) is 6.20 Å². The largest absolute Gasteiger partial charge is 0.446 e. The fourth-order valence-corrected chi connectivity index (χ4v) is 4.11. The Labute approximate surface area is 153 Å². The van der Waals surface area contributed by atoms with Gasteiger partial charge in [0.2, 0.25) is 0 Å². The third-order valence-electron chi connectivity index (χ3n) is 4.72. The molecular weight excluding hydrogens is 350 g/mol. The van der Waals surface area contributed by atoms with Crippen LogP contribution in [0.15, 0.2) is 51.7 Å². The molecule has 0 saturated heterocycles. The van der Waals surface area contributed by atoms with Crippen molar-refractivity contribution in [3.63, 3.8) is 0 Å². The van der Waals surface area contributed by atoms with Gasteiger partial charge in [-0.05, 0) is 48.7 Å². The Morgan fingerprint density at radius 3 is 3.19 bits per heavy atom. The van der Waals surface area contributed by atoms with Gasteiger partial charge in [-0.2, -0.15) is 5.10 Å². The number of fused-ring (bicyclic) bond motifs is 1. The average Bonchev–Trinajstić information content (AvgIpc) is 3.42. The maximum Gasteiger partial charge on any atom is 0.198 e. The molecule has 0 spiro atoms. The van der Waals surface area contributed by atoms with E-state index in [-0.39, 0.29) is 0 Å². The average molecular weight is 367 g/mol. The van der Waals surface area contributed by atoms with Crippen LogP contribution in [0.2, 0.25) is 0 Å².